The molecule has 0 aliphatic rings. The van der Waals surface area contributed by atoms with Crippen LogP contribution in [-0.4, -0.2) is 23.0 Å². The van der Waals surface area contributed by atoms with Crippen LogP contribution >= 0.6 is 11.8 Å². The van der Waals surface area contributed by atoms with Crippen LogP contribution in [0.5, 0.6) is 0 Å². The summed E-state index contributed by atoms with van der Waals surface area (Å²) in [5, 5.41) is 19.7. The highest BCUT2D eigenvalue weighted by Crippen LogP contribution is 2.41. The van der Waals surface area contributed by atoms with Crippen molar-refractivity contribution in [3.63, 3.8) is 0 Å². The van der Waals surface area contributed by atoms with Crippen LogP contribution in [0.2, 0.25) is 0 Å². The maximum atomic E-state index is 12.5. The van der Waals surface area contributed by atoms with Crippen molar-refractivity contribution >= 4 is 23.4 Å². The van der Waals surface area contributed by atoms with Crippen molar-refractivity contribution in [2.75, 3.05) is 6.61 Å². The first-order valence-electron chi connectivity index (χ1n) is 5.35. The number of benzene rings is 1. The Morgan fingerprint density at radius 2 is 2.14 bits per heavy atom. The number of alkyl halides is 3. The van der Waals surface area contributed by atoms with E-state index in [4.69, 9.17) is 5.26 Å². The normalized spacial score (nSPS) is 10.8. The molecule has 0 unspecified atom stereocenters. The fraction of sp³-hybridized carbons (Fsp3) is 0.273. The molecule has 0 aromatic heterocycles. The Labute approximate surface area is 120 Å². The van der Waals surface area contributed by atoms with Gasteiger partial charge in [-0.3, -0.25) is 10.1 Å². The summed E-state index contributed by atoms with van der Waals surface area (Å²) in [5.74, 6) is -1.22. The zero-order valence-corrected chi connectivity index (χ0v) is 11.2. The number of rotatable bonds is 4. The topological polar surface area (TPSA) is 93.2 Å². The fourth-order valence-electron chi connectivity index (χ4n) is 1.45. The van der Waals surface area contributed by atoms with Crippen LogP contribution in [0.1, 0.15) is 22.8 Å². The molecule has 0 aliphatic heterocycles. The van der Waals surface area contributed by atoms with Crippen LogP contribution in [0.4, 0.5) is 18.9 Å². The van der Waals surface area contributed by atoms with Crippen LogP contribution in [0.15, 0.2) is 17.0 Å². The van der Waals surface area contributed by atoms with E-state index in [1.54, 1.807) is 0 Å². The van der Waals surface area contributed by atoms with Gasteiger partial charge in [0.2, 0.25) is 0 Å². The average Bonchev–Trinajstić information content (AvgIpc) is 2.35. The molecule has 0 amide bonds. The number of thioether (sulfide) groups is 1. The molecule has 0 bridgehead atoms. The highest BCUT2D eigenvalue weighted by Gasteiger charge is 2.35. The quantitative estimate of drug-likeness (QED) is 0.366. The number of carbonyl (C=O) groups is 1. The highest BCUT2D eigenvalue weighted by atomic mass is 32.2. The molecule has 0 saturated carbocycles. The molecule has 6 nitrogen and oxygen atoms in total. The van der Waals surface area contributed by atoms with Crippen LogP contribution < -0.4 is 0 Å². The Morgan fingerprint density at radius 3 is 2.57 bits per heavy atom. The summed E-state index contributed by atoms with van der Waals surface area (Å²) in [6.07, 6.45) is 0. The Kier molecular flexibility index (Phi) is 5.15. The minimum atomic E-state index is -4.72. The third kappa shape index (κ3) is 4.09. The largest absolute Gasteiger partial charge is 0.462 e. The number of nitrogens with zero attached hydrogens (tertiary/aromatic N) is 2. The highest BCUT2D eigenvalue weighted by molar-refractivity contribution is 8.00. The van der Waals surface area contributed by atoms with E-state index >= 15 is 0 Å². The summed E-state index contributed by atoms with van der Waals surface area (Å²) in [6, 6.07) is 2.90. The molecule has 0 saturated heterocycles. The van der Waals surface area contributed by atoms with E-state index < -0.39 is 49.9 Å². The maximum Gasteiger partial charge on any atom is 0.446 e. The molecule has 1 rings (SSSR count). The van der Waals surface area contributed by atoms with Gasteiger partial charge in [-0.2, -0.15) is 18.4 Å². The third-order valence-corrected chi connectivity index (χ3v) is 2.95. The number of hydrogen-bond acceptors (Lipinski definition) is 6. The summed E-state index contributed by atoms with van der Waals surface area (Å²) in [4.78, 5) is 20.9. The summed E-state index contributed by atoms with van der Waals surface area (Å²) in [6.45, 7) is 1.26. The van der Waals surface area contributed by atoms with E-state index in [0.29, 0.717) is 0 Å². The lowest BCUT2D eigenvalue weighted by molar-refractivity contribution is -0.385. The summed E-state index contributed by atoms with van der Waals surface area (Å²) < 4.78 is 41.9. The molecule has 1 aromatic carbocycles. The number of nitro groups is 1. The minimum absolute atomic E-state index is 0.150. The molecular weight excluding hydrogens is 313 g/mol. The number of hydrogen-bond donors (Lipinski definition) is 0. The van der Waals surface area contributed by atoms with Gasteiger partial charge in [0, 0.05) is 11.0 Å². The second-order valence-electron chi connectivity index (χ2n) is 3.47. The van der Waals surface area contributed by atoms with Gasteiger partial charge in [-0.05, 0) is 24.8 Å². The number of esters is 1. The second-order valence-corrected chi connectivity index (χ2v) is 4.58. The molecule has 21 heavy (non-hydrogen) atoms. The molecule has 0 aliphatic carbocycles. The summed E-state index contributed by atoms with van der Waals surface area (Å²) in [5.41, 5.74) is -6.99. The number of carbonyl (C=O) groups excluding carboxylic acids is 1. The smallest absolute Gasteiger partial charge is 0.446 e. The predicted octanol–water partition coefficient (Wildman–Crippen LogP) is 3.26. The fourth-order valence-corrected chi connectivity index (χ4v) is 2.13. The van der Waals surface area contributed by atoms with E-state index in [1.807, 2.05) is 0 Å². The van der Waals surface area contributed by atoms with Crippen molar-refractivity contribution in [2.45, 2.75) is 17.3 Å². The molecule has 0 radical (unpaired) electrons. The SMILES string of the molecule is CCOC(=O)c1c(SC(F)(F)F)ccc([N+](=O)[O-])c1C#N. The average molecular weight is 320 g/mol. The molecular formula is C11H7F3N2O4S. The van der Waals surface area contributed by atoms with Crippen molar-refractivity contribution in [1.82, 2.24) is 0 Å². The van der Waals surface area contributed by atoms with Crippen LogP contribution in [0.3, 0.4) is 0 Å². The lowest BCUT2D eigenvalue weighted by Crippen LogP contribution is -2.12. The van der Waals surface area contributed by atoms with E-state index in [2.05, 4.69) is 4.74 Å². The van der Waals surface area contributed by atoms with Gasteiger partial charge in [0.1, 0.15) is 11.6 Å². The van der Waals surface area contributed by atoms with Crippen LogP contribution in [-0.2, 0) is 4.74 Å². The Bertz CT molecular complexity index is 625. The van der Waals surface area contributed by atoms with Crippen molar-refractivity contribution in [3.8, 4) is 6.07 Å². The lowest BCUT2D eigenvalue weighted by Gasteiger charge is -2.11. The van der Waals surface area contributed by atoms with Crippen molar-refractivity contribution < 1.29 is 27.6 Å². The van der Waals surface area contributed by atoms with Crippen LogP contribution in [0.25, 0.3) is 0 Å². The van der Waals surface area contributed by atoms with Crippen molar-refractivity contribution in [2.24, 2.45) is 0 Å². The lowest BCUT2D eigenvalue weighted by atomic mass is 10.1. The van der Waals surface area contributed by atoms with Gasteiger partial charge in [0.05, 0.1) is 17.1 Å². The number of halogens is 3. The number of nitriles is 1. The first-order valence-corrected chi connectivity index (χ1v) is 6.17. The molecule has 0 N–H and O–H groups in total. The summed E-state index contributed by atoms with van der Waals surface area (Å²) >= 11 is -0.643. The first kappa shape index (κ1) is 16.8. The number of ether oxygens (including phenoxy) is 1. The zero-order chi connectivity index (χ0) is 16.2. The molecule has 1 aromatic rings. The van der Waals surface area contributed by atoms with Gasteiger partial charge in [-0.1, -0.05) is 0 Å². The molecule has 10 heteroatoms. The Morgan fingerprint density at radius 1 is 1.52 bits per heavy atom. The van der Waals surface area contributed by atoms with Gasteiger partial charge < -0.3 is 4.74 Å². The van der Waals surface area contributed by atoms with E-state index in [0.717, 1.165) is 12.1 Å². The number of nitro benzene ring substituents is 1. The molecule has 0 spiro atoms. The second kappa shape index (κ2) is 6.45. The van der Waals surface area contributed by atoms with Crippen molar-refractivity contribution in [1.29, 1.82) is 5.26 Å². The predicted molar refractivity (Wildman–Crippen MR) is 65.7 cm³/mol. The van der Waals surface area contributed by atoms with E-state index in [1.165, 1.54) is 13.0 Å². The molecule has 112 valence electrons. The standard InChI is InChI=1S/C11H7F3N2O4S/c1-2-20-10(17)9-6(5-15)7(16(18)19)3-4-8(9)21-11(12,13)14/h3-4H,2H2,1H3. The van der Waals surface area contributed by atoms with Crippen molar-refractivity contribution in [3.05, 3.63) is 33.4 Å². The Hall–Kier alpha value is -2.28. The van der Waals surface area contributed by atoms with Gasteiger partial charge in [0.15, 0.2) is 0 Å². The minimum Gasteiger partial charge on any atom is -0.462 e. The van der Waals surface area contributed by atoms with Crippen LogP contribution in [0, 0.1) is 21.4 Å². The van der Waals surface area contributed by atoms with E-state index in [9.17, 15) is 28.1 Å². The van der Waals surface area contributed by atoms with E-state index in [-0.39, 0.29) is 6.61 Å². The summed E-state index contributed by atoms with van der Waals surface area (Å²) in [7, 11) is 0. The zero-order valence-electron chi connectivity index (χ0n) is 10.4. The van der Waals surface area contributed by atoms with Gasteiger partial charge in [-0.15, -0.1) is 0 Å². The van der Waals surface area contributed by atoms with Gasteiger partial charge in [0.25, 0.3) is 5.69 Å². The third-order valence-electron chi connectivity index (χ3n) is 2.16. The molecule has 0 heterocycles. The monoisotopic (exact) mass is 320 g/mol. The Balaban J connectivity index is 3.56. The first-order chi connectivity index (χ1) is 9.71. The molecule has 0 fully saturated rings. The van der Waals surface area contributed by atoms with Gasteiger partial charge >= 0.3 is 11.5 Å². The maximum absolute atomic E-state index is 12.5. The molecule has 0 atom stereocenters. The van der Waals surface area contributed by atoms with Gasteiger partial charge in [-0.25, -0.2) is 4.79 Å².